The Balaban J connectivity index is 1.78. The third-order valence-electron chi connectivity index (χ3n) is 2.38. The molecule has 1 heterocycles. The zero-order valence-electron chi connectivity index (χ0n) is 9.21. The lowest BCUT2D eigenvalue weighted by molar-refractivity contribution is 0.681. The van der Waals surface area contributed by atoms with Crippen molar-refractivity contribution >= 4 is 23.2 Å². The van der Waals surface area contributed by atoms with E-state index in [9.17, 15) is 0 Å². The molecule has 17 heavy (non-hydrogen) atoms. The van der Waals surface area contributed by atoms with Crippen molar-refractivity contribution in [2.24, 2.45) is 0 Å². The van der Waals surface area contributed by atoms with E-state index >= 15 is 0 Å². The summed E-state index contributed by atoms with van der Waals surface area (Å²) in [7, 11) is 0. The largest absolute Gasteiger partial charge is 0.348 e. The maximum Gasteiger partial charge on any atom is 0.0921 e. The van der Waals surface area contributed by atoms with Crippen LogP contribution < -0.4 is 5.32 Å². The highest BCUT2D eigenvalue weighted by atomic mass is 35.5. The molecule has 0 unspecified atom stereocenters. The summed E-state index contributed by atoms with van der Waals surface area (Å²) in [6.45, 7) is 1.64. The number of hydrogen-bond donors (Lipinski definition) is 2. The molecule has 3 nitrogen and oxygen atoms in total. The summed E-state index contributed by atoms with van der Waals surface area (Å²) in [5, 5.41) is 4.67. The second-order valence-electron chi connectivity index (χ2n) is 3.78. The first-order chi connectivity index (χ1) is 8.24. The van der Waals surface area contributed by atoms with Gasteiger partial charge in [-0.15, -0.1) is 0 Å². The average molecular weight is 270 g/mol. The Hall–Kier alpha value is -1.03. The van der Waals surface area contributed by atoms with Crippen LogP contribution in [0.25, 0.3) is 0 Å². The smallest absolute Gasteiger partial charge is 0.0921 e. The van der Waals surface area contributed by atoms with E-state index in [4.69, 9.17) is 23.2 Å². The molecular weight excluding hydrogens is 257 g/mol. The Bertz CT molecular complexity index is 448. The van der Waals surface area contributed by atoms with Crippen LogP contribution >= 0.6 is 23.2 Å². The predicted molar refractivity (Wildman–Crippen MR) is 70.5 cm³/mol. The highest BCUT2D eigenvalue weighted by molar-refractivity contribution is 6.34. The highest BCUT2D eigenvalue weighted by Crippen LogP contribution is 2.18. The van der Waals surface area contributed by atoms with Gasteiger partial charge >= 0.3 is 0 Å². The zero-order chi connectivity index (χ0) is 12.1. The molecule has 2 aromatic rings. The lowest BCUT2D eigenvalue weighted by Gasteiger charge is -2.05. The number of imidazole rings is 1. The van der Waals surface area contributed by atoms with Gasteiger partial charge in [0.05, 0.1) is 6.33 Å². The van der Waals surface area contributed by atoms with E-state index in [1.807, 2.05) is 18.3 Å². The first-order valence-corrected chi connectivity index (χ1v) is 6.12. The molecule has 5 heteroatoms. The van der Waals surface area contributed by atoms with E-state index in [1.54, 1.807) is 12.4 Å². The number of halogens is 2. The van der Waals surface area contributed by atoms with Crippen LogP contribution in [0, 0.1) is 0 Å². The Kier molecular flexibility index (Phi) is 4.42. The first-order valence-electron chi connectivity index (χ1n) is 5.37. The van der Waals surface area contributed by atoms with E-state index in [2.05, 4.69) is 15.3 Å². The van der Waals surface area contributed by atoms with Gasteiger partial charge in [-0.05, 0) is 23.8 Å². The highest BCUT2D eigenvalue weighted by Gasteiger charge is 1.98. The van der Waals surface area contributed by atoms with Crippen molar-refractivity contribution in [2.45, 2.75) is 13.0 Å². The number of nitrogens with zero attached hydrogens (tertiary/aromatic N) is 1. The summed E-state index contributed by atoms with van der Waals surface area (Å²) in [6.07, 6.45) is 4.44. The topological polar surface area (TPSA) is 40.7 Å². The van der Waals surface area contributed by atoms with Crippen LogP contribution in [0.5, 0.6) is 0 Å². The Morgan fingerprint density at radius 3 is 2.59 bits per heavy atom. The molecule has 1 aromatic carbocycles. The second-order valence-corrected chi connectivity index (χ2v) is 4.65. The van der Waals surface area contributed by atoms with Gasteiger partial charge in [0.2, 0.25) is 0 Å². The van der Waals surface area contributed by atoms with Crippen molar-refractivity contribution in [3.8, 4) is 0 Å². The van der Waals surface area contributed by atoms with Gasteiger partial charge in [0.15, 0.2) is 0 Å². The van der Waals surface area contributed by atoms with Crippen molar-refractivity contribution in [3.63, 3.8) is 0 Å². The maximum atomic E-state index is 5.92. The van der Waals surface area contributed by atoms with Crippen molar-refractivity contribution in [1.82, 2.24) is 15.3 Å². The fourth-order valence-electron chi connectivity index (χ4n) is 1.59. The van der Waals surface area contributed by atoms with Crippen molar-refractivity contribution < 1.29 is 0 Å². The first kappa shape index (κ1) is 12.4. The van der Waals surface area contributed by atoms with E-state index in [1.165, 1.54) is 0 Å². The van der Waals surface area contributed by atoms with Gasteiger partial charge in [0.25, 0.3) is 0 Å². The molecule has 0 aliphatic carbocycles. The van der Waals surface area contributed by atoms with Gasteiger partial charge in [-0.2, -0.15) is 0 Å². The summed E-state index contributed by atoms with van der Waals surface area (Å²) in [5.41, 5.74) is 2.22. The van der Waals surface area contributed by atoms with Gasteiger partial charge in [0, 0.05) is 41.4 Å². The van der Waals surface area contributed by atoms with Crippen LogP contribution in [0.2, 0.25) is 10.0 Å². The number of benzene rings is 1. The normalized spacial score (nSPS) is 10.7. The summed E-state index contributed by atoms with van der Waals surface area (Å²) in [6, 6.07) is 5.56. The second kappa shape index (κ2) is 6.05. The van der Waals surface area contributed by atoms with E-state index < -0.39 is 0 Å². The molecule has 0 saturated carbocycles. The molecule has 2 N–H and O–H groups in total. The molecule has 90 valence electrons. The molecule has 0 radical (unpaired) electrons. The molecule has 0 spiro atoms. The van der Waals surface area contributed by atoms with Crippen molar-refractivity contribution in [3.05, 3.63) is 52.0 Å². The number of rotatable bonds is 5. The van der Waals surface area contributed by atoms with E-state index in [0.29, 0.717) is 10.0 Å². The number of aromatic nitrogens is 2. The maximum absolute atomic E-state index is 5.92. The van der Waals surface area contributed by atoms with Crippen molar-refractivity contribution in [2.75, 3.05) is 6.54 Å². The third-order valence-corrected chi connectivity index (χ3v) is 2.81. The summed E-state index contributed by atoms with van der Waals surface area (Å²) in [4.78, 5) is 7.02. The SMILES string of the molecule is Clc1cc(Cl)cc(CNCCc2cnc[nH]2)c1. The molecule has 0 atom stereocenters. The van der Waals surface area contributed by atoms with Gasteiger partial charge in [-0.3, -0.25) is 0 Å². The molecular formula is C12H13Cl2N3. The minimum Gasteiger partial charge on any atom is -0.348 e. The van der Waals surface area contributed by atoms with Gasteiger partial charge < -0.3 is 10.3 Å². The monoisotopic (exact) mass is 269 g/mol. The quantitative estimate of drug-likeness (QED) is 0.820. The van der Waals surface area contributed by atoms with Gasteiger partial charge in [0.1, 0.15) is 0 Å². The van der Waals surface area contributed by atoms with Gasteiger partial charge in [-0.25, -0.2) is 4.98 Å². The number of nitrogens with one attached hydrogen (secondary N) is 2. The van der Waals surface area contributed by atoms with Crippen LogP contribution in [0.3, 0.4) is 0 Å². The lowest BCUT2D eigenvalue weighted by Crippen LogP contribution is -2.16. The van der Waals surface area contributed by atoms with Crippen molar-refractivity contribution in [1.29, 1.82) is 0 Å². The number of hydrogen-bond acceptors (Lipinski definition) is 2. The third kappa shape index (κ3) is 4.04. The zero-order valence-corrected chi connectivity index (χ0v) is 10.7. The Labute approximate surface area is 110 Å². The summed E-state index contributed by atoms with van der Waals surface area (Å²) >= 11 is 11.8. The molecule has 1 aromatic heterocycles. The fraction of sp³-hybridized carbons (Fsp3) is 0.250. The minimum atomic E-state index is 0.669. The van der Waals surface area contributed by atoms with Crippen LogP contribution in [0.15, 0.2) is 30.7 Å². The lowest BCUT2D eigenvalue weighted by atomic mass is 10.2. The Morgan fingerprint density at radius 1 is 1.18 bits per heavy atom. The molecule has 0 aliphatic heterocycles. The van der Waals surface area contributed by atoms with Gasteiger partial charge in [-0.1, -0.05) is 23.2 Å². The fourth-order valence-corrected chi connectivity index (χ4v) is 2.16. The molecule has 0 bridgehead atoms. The molecule has 0 saturated heterocycles. The molecule has 0 amide bonds. The minimum absolute atomic E-state index is 0.669. The average Bonchev–Trinajstić information content (AvgIpc) is 2.76. The standard InChI is InChI=1S/C12H13Cl2N3/c13-10-3-9(4-11(14)5-10)6-15-2-1-12-7-16-8-17-12/h3-5,7-8,15H,1-2,6H2,(H,16,17). The van der Waals surface area contributed by atoms with Crippen LogP contribution in [0.1, 0.15) is 11.3 Å². The molecule has 2 rings (SSSR count). The summed E-state index contributed by atoms with van der Waals surface area (Å²) < 4.78 is 0. The molecule has 0 aliphatic rings. The van der Waals surface area contributed by atoms with Crippen LogP contribution in [0.4, 0.5) is 0 Å². The summed E-state index contributed by atoms with van der Waals surface area (Å²) in [5.74, 6) is 0. The molecule has 0 fully saturated rings. The van der Waals surface area contributed by atoms with E-state index in [-0.39, 0.29) is 0 Å². The van der Waals surface area contributed by atoms with E-state index in [0.717, 1.165) is 30.8 Å². The number of H-pyrrole nitrogens is 1. The number of aromatic amines is 1. The Morgan fingerprint density at radius 2 is 1.94 bits per heavy atom. The van der Waals surface area contributed by atoms with Crippen LogP contribution in [-0.2, 0) is 13.0 Å². The van der Waals surface area contributed by atoms with Crippen LogP contribution in [-0.4, -0.2) is 16.5 Å². The predicted octanol–water partition coefficient (Wildman–Crippen LogP) is 3.05.